The highest BCUT2D eigenvalue weighted by Gasteiger charge is 1.97. The molecule has 4 heteroatoms. The van der Waals surface area contributed by atoms with Crippen LogP contribution in [0.4, 0.5) is 0 Å². The molecule has 82 valence electrons. The van der Waals surface area contributed by atoms with E-state index in [0.717, 1.165) is 12.6 Å². The topological polar surface area (TPSA) is 49.8 Å². The van der Waals surface area contributed by atoms with Crippen molar-refractivity contribution in [3.8, 4) is 0 Å². The molecule has 0 aliphatic rings. The first-order valence-corrected chi connectivity index (χ1v) is 4.72. The number of ether oxygens (including phenoxy) is 1. The third-order valence-corrected chi connectivity index (χ3v) is 1.60. The van der Waals surface area contributed by atoms with E-state index in [-0.39, 0.29) is 6.10 Å². The smallest absolute Gasteiger partial charge is 0.328 e. The molecule has 0 radical (unpaired) electrons. The normalized spacial score (nSPS) is 11.8. The summed E-state index contributed by atoms with van der Waals surface area (Å²) in [6.45, 7) is 6.10. The van der Waals surface area contributed by atoms with Crippen LogP contribution in [0.3, 0.4) is 0 Å². The lowest BCUT2D eigenvalue weighted by atomic mass is 10.4. The maximum atomic E-state index is 10.2. The predicted octanol–water partition coefficient (Wildman–Crippen LogP) is 0.984. The van der Waals surface area contributed by atoms with E-state index >= 15 is 0 Å². The molecule has 0 aliphatic heterocycles. The summed E-state index contributed by atoms with van der Waals surface area (Å²) in [7, 11) is 1.93. The van der Waals surface area contributed by atoms with Crippen LogP contribution in [0.15, 0.2) is 12.2 Å². The van der Waals surface area contributed by atoms with Gasteiger partial charge in [0.1, 0.15) is 0 Å². The lowest BCUT2D eigenvalue weighted by molar-refractivity contribution is -0.131. The third kappa shape index (κ3) is 9.22. The summed E-state index contributed by atoms with van der Waals surface area (Å²) in [6, 6.07) is 0. The molecule has 0 spiro atoms. The van der Waals surface area contributed by atoms with E-state index in [9.17, 15) is 4.79 Å². The first-order chi connectivity index (χ1) is 6.52. The lowest BCUT2D eigenvalue weighted by Gasteiger charge is -2.15. The average molecular weight is 201 g/mol. The van der Waals surface area contributed by atoms with Crippen LogP contribution in [0.5, 0.6) is 0 Å². The fourth-order valence-electron chi connectivity index (χ4n) is 0.869. The Kier molecular flexibility index (Phi) is 7.06. The second-order valence-electron chi connectivity index (χ2n) is 3.42. The van der Waals surface area contributed by atoms with Crippen molar-refractivity contribution in [3.63, 3.8) is 0 Å². The van der Waals surface area contributed by atoms with Crippen molar-refractivity contribution >= 4 is 5.97 Å². The Hall–Kier alpha value is -0.870. The van der Waals surface area contributed by atoms with E-state index in [1.807, 2.05) is 25.8 Å². The Bertz CT molecular complexity index is 190. The maximum absolute atomic E-state index is 10.2. The Morgan fingerprint density at radius 2 is 2.21 bits per heavy atom. The van der Waals surface area contributed by atoms with Gasteiger partial charge in [0.2, 0.25) is 0 Å². The number of likely N-dealkylation sites (N-methyl/N-ethyl adjacent to an activating group) is 1. The summed E-state index contributed by atoms with van der Waals surface area (Å²) in [4.78, 5) is 12.2. The molecule has 0 fully saturated rings. The molecule has 0 aromatic rings. The van der Waals surface area contributed by atoms with E-state index < -0.39 is 5.97 Å². The van der Waals surface area contributed by atoms with Gasteiger partial charge in [-0.25, -0.2) is 4.79 Å². The summed E-state index contributed by atoms with van der Waals surface area (Å²) in [5, 5.41) is 8.35. The molecule has 0 rings (SSSR count). The van der Waals surface area contributed by atoms with E-state index in [2.05, 4.69) is 0 Å². The average Bonchev–Trinajstić information content (AvgIpc) is 2.02. The highest BCUT2D eigenvalue weighted by atomic mass is 16.5. The fourth-order valence-corrected chi connectivity index (χ4v) is 0.869. The van der Waals surface area contributed by atoms with Crippen LogP contribution in [-0.4, -0.2) is 48.8 Å². The standard InChI is InChI=1S/C10H19NO3/c1-9(2)14-8-7-11(3)6-4-5-10(12)13/h4-5,9H,6-8H2,1-3H3,(H,12,13)/b5-4+. The Labute approximate surface area is 85.2 Å². The molecule has 0 aliphatic carbocycles. The van der Waals surface area contributed by atoms with Gasteiger partial charge < -0.3 is 14.7 Å². The molecule has 14 heavy (non-hydrogen) atoms. The van der Waals surface area contributed by atoms with E-state index in [4.69, 9.17) is 9.84 Å². The highest BCUT2D eigenvalue weighted by molar-refractivity contribution is 5.79. The van der Waals surface area contributed by atoms with Gasteiger partial charge in [-0.3, -0.25) is 0 Å². The molecule has 0 amide bonds. The van der Waals surface area contributed by atoms with Gasteiger partial charge in [0.15, 0.2) is 0 Å². The number of carboxylic acid groups (broad SMARTS) is 1. The van der Waals surface area contributed by atoms with Crippen LogP contribution in [0.2, 0.25) is 0 Å². The minimum Gasteiger partial charge on any atom is -0.478 e. The van der Waals surface area contributed by atoms with Gasteiger partial charge in [-0.1, -0.05) is 6.08 Å². The molecular weight excluding hydrogens is 182 g/mol. The number of hydrogen-bond donors (Lipinski definition) is 1. The quantitative estimate of drug-likeness (QED) is 0.624. The SMILES string of the molecule is CC(C)OCCN(C)C/C=C/C(=O)O. The number of carboxylic acids is 1. The van der Waals surface area contributed by atoms with Crippen molar-refractivity contribution in [2.24, 2.45) is 0 Å². The van der Waals surface area contributed by atoms with Crippen molar-refractivity contribution in [3.05, 3.63) is 12.2 Å². The van der Waals surface area contributed by atoms with Gasteiger partial charge in [-0.05, 0) is 20.9 Å². The lowest BCUT2D eigenvalue weighted by Crippen LogP contribution is -2.24. The first-order valence-electron chi connectivity index (χ1n) is 4.72. The predicted molar refractivity (Wildman–Crippen MR) is 55.4 cm³/mol. The summed E-state index contributed by atoms with van der Waals surface area (Å²) in [5.41, 5.74) is 0. The van der Waals surface area contributed by atoms with Crippen LogP contribution in [-0.2, 0) is 9.53 Å². The third-order valence-electron chi connectivity index (χ3n) is 1.60. The second kappa shape index (κ2) is 7.53. The molecule has 0 saturated carbocycles. The van der Waals surface area contributed by atoms with Crippen LogP contribution in [0.1, 0.15) is 13.8 Å². The molecule has 0 saturated heterocycles. The van der Waals surface area contributed by atoms with Crippen molar-refractivity contribution in [1.29, 1.82) is 0 Å². The van der Waals surface area contributed by atoms with Crippen LogP contribution >= 0.6 is 0 Å². The van der Waals surface area contributed by atoms with Crippen LogP contribution in [0, 0.1) is 0 Å². The molecule has 0 atom stereocenters. The molecule has 0 aromatic heterocycles. The largest absolute Gasteiger partial charge is 0.478 e. The molecule has 1 N–H and O–H groups in total. The highest BCUT2D eigenvalue weighted by Crippen LogP contribution is 1.89. The van der Waals surface area contributed by atoms with E-state index in [0.29, 0.717) is 13.2 Å². The van der Waals surface area contributed by atoms with E-state index in [1.165, 1.54) is 0 Å². The minimum atomic E-state index is -0.906. The van der Waals surface area contributed by atoms with Crippen LogP contribution < -0.4 is 0 Å². The van der Waals surface area contributed by atoms with Crippen molar-refractivity contribution in [1.82, 2.24) is 4.90 Å². The maximum Gasteiger partial charge on any atom is 0.328 e. The minimum absolute atomic E-state index is 0.248. The molecule has 0 heterocycles. The fraction of sp³-hybridized carbons (Fsp3) is 0.700. The zero-order valence-electron chi connectivity index (χ0n) is 9.06. The van der Waals surface area contributed by atoms with Gasteiger partial charge in [0.25, 0.3) is 0 Å². The summed E-state index contributed by atoms with van der Waals surface area (Å²) < 4.78 is 5.36. The van der Waals surface area contributed by atoms with Gasteiger partial charge in [0, 0.05) is 19.2 Å². The number of hydrogen-bond acceptors (Lipinski definition) is 3. The Balaban J connectivity index is 3.45. The monoisotopic (exact) mass is 201 g/mol. The molecule has 0 unspecified atom stereocenters. The summed E-state index contributed by atoms with van der Waals surface area (Å²) in [5.74, 6) is -0.906. The van der Waals surface area contributed by atoms with Gasteiger partial charge in [-0.2, -0.15) is 0 Å². The summed E-state index contributed by atoms with van der Waals surface area (Å²) in [6.07, 6.45) is 3.02. The molecule has 4 nitrogen and oxygen atoms in total. The van der Waals surface area contributed by atoms with Crippen molar-refractivity contribution < 1.29 is 14.6 Å². The molecule has 0 bridgehead atoms. The first kappa shape index (κ1) is 13.1. The van der Waals surface area contributed by atoms with E-state index in [1.54, 1.807) is 6.08 Å². The number of carbonyl (C=O) groups is 1. The Morgan fingerprint density at radius 1 is 1.57 bits per heavy atom. The number of nitrogens with zero attached hydrogens (tertiary/aromatic N) is 1. The number of rotatable bonds is 7. The second-order valence-corrected chi connectivity index (χ2v) is 3.42. The van der Waals surface area contributed by atoms with Crippen molar-refractivity contribution in [2.75, 3.05) is 26.7 Å². The molecule has 0 aromatic carbocycles. The van der Waals surface area contributed by atoms with Gasteiger partial charge >= 0.3 is 5.97 Å². The van der Waals surface area contributed by atoms with Gasteiger partial charge in [0.05, 0.1) is 12.7 Å². The number of aliphatic carboxylic acids is 1. The Morgan fingerprint density at radius 3 is 2.71 bits per heavy atom. The zero-order chi connectivity index (χ0) is 11.0. The molecular formula is C10H19NO3. The van der Waals surface area contributed by atoms with Gasteiger partial charge in [-0.15, -0.1) is 0 Å². The summed E-state index contributed by atoms with van der Waals surface area (Å²) >= 11 is 0. The zero-order valence-corrected chi connectivity index (χ0v) is 9.06. The van der Waals surface area contributed by atoms with Crippen molar-refractivity contribution in [2.45, 2.75) is 20.0 Å². The van der Waals surface area contributed by atoms with Crippen LogP contribution in [0.25, 0.3) is 0 Å².